The smallest absolute Gasteiger partial charge is 0.216 e. The van der Waals surface area contributed by atoms with Gasteiger partial charge in [0.25, 0.3) is 0 Å². The minimum Gasteiger partial charge on any atom is -0.265 e. The molecule has 0 aliphatic rings. The maximum atomic E-state index is 5.38. The van der Waals surface area contributed by atoms with Gasteiger partial charge in [-0.2, -0.15) is 20.0 Å². The third-order valence-corrected chi connectivity index (χ3v) is 5.56. The van der Waals surface area contributed by atoms with Crippen LogP contribution in [0.5, 0.6) is 0 Å². The van der Waals surface area contributed by atoms with Gasteiger partial charge in [-0.05, 0) is 47.9 Å². The number of aromatic amines is 1. The maximum absolute atomic E-state index is 5.38. The van der Waals surface area contributed by atoms with Crippen LogP contribution < -0.4 is 0 Å². The Balaban J connectivity index is 1.59. The van der Waals surface area contributed by atoms with Gasteiger partial charge in [-0.3, -0.25) is 4.98 Å². The van der Waals surface area contributed by atoms with Crippen LogP contribution in [-0.4, -0.2) is 35.9 Å². The van der Waals surface area contributed by atoms with E-state index in [9.17, 15) is 0 Å². The first-order valence-corrected chi connectivity index (χ1v) is 10.4. The molecule has 0 aliphatic carbocycles. The lowest BCUT2D eigenvalue weighted by molar-refractivity contribution is 0.871. The summed E-state index contributed by atoms with van der Waals surface area (Å²) in [6.45, 7) is 0. The SMILES string of the molecule is S=c1[nH]nc(-c2ccncc2)n1N=Cc1cn(-c2ccccc2)nc1-c1cccs1. The van der Waals surface area contributed by atoms with Crippen molar-refractivity contribution in [3.8, 4) is 27.6 Å². The van der Waals surface area contributed by atoms with Crippen LogP contribution in [0.3, 0.4) is 0 Å². The molecule has 7 nitrogen and oxygen atoms in total. The third-order valence-electron chi connectivity index (χ3n) is 4.42. The lowest BCUT2D eigenvalue weighted by Crippen LogP contribution is -1.95. The second kappa shape index (κ2) is 7.97. The largest absolute Gasteiger partial charge is 0.265 e. The van der Waals surface area contributed by atoms with Crippen LogP contribution in [0.25, 0.3) is 27.6 Å². The van der Waals surface area contributed by atoms with Crippen LogP contribution in [-0.2, 0) is 0 Å². The van der Waals surface area contributed by atoms with Gasteiger partial charge in [0.05, 0.1) is 16.8 Å². The average Bonchev–Trinajstić information content (AvgIpc) is 3.53. The molecule has 0 atom stereocenters. The summed E-state index contributed by atoms with van der Waals surface area (Å²) in [6.07, 6.45) is 7.14. The van der Waals surface area contributed by atoms with Crippen molar-refractivity contribution in [3.63, 3.8) is 0 Å². The highest BCUT2D eigenvalue weighted by Gasteiger charge is 2.13. The summed E-state index contributed by atoms with van der Waals surface area (Å²) in [4.78, 5) is 5.12. The van der Waals surface area contributed by atoms with Gasteiger partial charge in [0.2, 0.25) is 4.77 Å². The molecular weight excluding hydrogens is 414 g/mol. The van der Waals surface area contributed by atoms with Crippen LogP contribution in [0.1, 0.15) is 5.56 Å². The quantitative estimate of drug-likeness (QED) is 0.322. The highest BCUT2D eigenvalue weighted by atomic mass is 32.1. The van der Waals surface area contributed by atoms with Crippen molar-refractivity contribution in [2.75, 3.05) is 0 Å². The van der Waals surface area contributed by atoms with E-state index < -0.39 is 0 Å². The number of hydrogen-bond acceptors (Lipinski definition) is 6. The Morgan fingerprint density at radius 3 is 2.63 bits per heavy atom. The molecule has 0 unspecified atom stereocenters. The number of pyridine rings is 1. The molecule has 0 bridgehead atoms. The fourth-order valence-corrected chi connectivity index (χ4v) is 3.92. The number of rotatable bonds is 5. The van der Waals surface area contributed by atoms with Gasteiger partial charge in [-0.1, -0.05) is 24.3 Å². The zero-order valence-corrected chi connectivity index (χ0v) is 17.2. The van der Waals surface area contributed by atoms with E-state index in [1.54, 1.807) is 34.6 Å². The van der Waals surface area contributed by atoms with Gasteiger partial charge in [0, 0.05) is 29.7 Å². The first kappa shape index (κ1) is 18.3. The summed E-state index contributed by atoms with van der Waals surface area (Å²) >= 11 is 7.01. The van der Waals surface area contributed by atoms with Gasteiger partial charge < -0.3 is 0 Å². The Bertz CT molecular complexity index is 1350. The standard InChI is InChI=1S/C21H15N7S2/c29-21-25-24-20(15-8-10-22-11-9-15)28(21)23-13-16-14-27(17-5-2-1-3-6-17)26-19(16)18-7-4-12-30-18/h1-14H,(H,25,29). The summed E-state index contributed by atoms with van der Waals surface area (Å²) in [6, 6.07) is 17.8. The highest BCUT2D eigenvalue weighted by molar-refractivity contribution is 7.71. The van der Waals surface area contributed by atoms with Crippen molar-refractivity contribution < 1.29 is 0 Å². The van der Waals surface area contributed by atoms with Gasteiger partial charge in [0.1, 0.15) is 5.69 Å². The summed E-state index contributed by atoms with van der Waals surface area (Å²) < 4.78 is 3.86. The summed E-state index contributed by atoms with van der Waals surface area (Å²) in [7, 11) is 0. The zero-order valence-electron chi connectivity index (χ0n) is 15.6. The molecule has 5 rings (SSSR count). The Morgan fingerprint density at radius 2 is 1.87 bits per heavy atom. The van der Waals surface area contributed by atoms with Crippen LogP contribution in [0.4, 0.5) is 0 Å². The first-order chi connectivity index (χ1) is 14.8. The predicted octanol–water partition coefficient (Wildman–Crippen LogP) is 4.80. The molecule has 4 heterocycles. The molecule has 0 amide bonds. The number of para-hydroxylation sites is 1. The number of hydrogen-bond donors (Lipinski definition) is 1. The second-order valence-electron chi connectivity index (χ2n) is 6.34. The Hall–Kier alpha value is -3.69. The number of aromatic nitrogens is 6. The van der Waals surface area contributed by atoms with Gasteiger partial charge >= 0.3 is 0 Å². The van der Waals surface area contributed by atoms with Crippen LogP contribution in [0, 0.1) is 4.77 Å². The van der Waals surface area contributed by atoms with E-state index in [2.05, 4.69) is 20.3 Å². The molecule has 4 aromatic heterocycles. The molecule has 0 saturated heterocycles. The summed E-state index contributed by atoms with van der Waals surface area (Å²) in [5.74, 6) is 0.617. The van der Waals surface area contributed by atoms with E-state index in [1.165, 1.54) is 0 Å². The van der Waals surface area contributed by atoms with Crippen LogP contribution in [0.2, 0.25) is 0 Å². The number of nitrogens with one attached hydrogen (secondary N) is 1. The van der Waals surface area contributed by atoms with E-state index in [4.69, 9.17) is 17.3 Å². The summed E-state index contributed by atoms with van der Waals surface area (Å²) in [5, 5.41) is 18.6. The molecule has 0 saturated carbocycles. The number of benzene rings is 1. The van der Waals surface area contributed by atoms with Crippen molar-refractivity contribution in [3.05, 3.63) is 88.9 Å². The molecule has 146 valence electrons. The van der Waals surface area contributed by atoms with Crippen molar-refractivity contribution in [1.29, 1.82) is 0 Å². The van der Waals surface area contributed by atoms with E-state index in [0.717, 1.165) is 27.4 Å². The Kier molecular flexibility index (Phi) is 4.88. The second-order valence-corrected chi connectivity index (χ2v) is 7.67. The Labute approximate surface area is 181 Å². The number of thiophene rings is 1. The van der Waals surface area contributed by atoms with Crippen LogP contribution in [0.15, 0.2) is 83.7 Å². The van der Waals surface area contributed by atoms with Gasteiger partial charge in [0.15, 0.2) is 5.82 Å². The highest BCUT2D eigenvalue weighted by Crippen LogP contribution is 2.27. The molecule has 1 N–H and O–H groups in total. The molecule has 1 aromatic carbocycles. The van der Waals surface area contributed by atoms with Gasteiger partial charge in [-0.25, -0.2) is 9.78 Å². The monoisotopic (exact) mass is 429 g/mol. The molecule has 0 fully saturated rings. The predicted molar refractivity (Wildman–Crippen MR) is 121 cm³/mol. The molecule has 5 aromatic rings. The van der Waals surface area contributed by atoms with E-state index in [-0.39, 0.29) is 0 Å². The average molecular weight is 430 g/mol. The lowest BCUT2D eigenvalue weighted by atomic mass is 10.2. The molecule has 30 heavy (non-hydrogen) atoms. The third kappa shape index (κ3) is 3.51. The van der Waals surface area contributed by atoms with Crippen LogP contribution >= 0.6 is 23.6 Å². The molecular formula is C21H15N7S2. The fourth-order valence-electron chi connectivity index (χ4n) is 3.01. The van der Waals surface area contributed by atoms with Crippen molar-refractivity contribution in [2.45, 2.75) is 0 Å². The van der Waals surface area contributed by atoms with Crippen molar-refractivity contribution in [2.24, 2.45) is 5.10 Å². The van der Waals surface area contributed by atoms with E-state index in [0.29, 0.717) is 10.6 Å². The molecule has 9 heteroatoms. The zero-order chi connectivity index (χ0) is 20.3. The Morgan fingerprint density at radius 1 is 1.03 bits per heavy atom. The van der Waals surface area contributed by atoms with E-state index in [1.807, 2.05) is 70.9 Å². The lowest BCUT2D eigenvalue weighted by Gasteiger charge is -2.00. The molecule has 0 aliphatic heterocycles. The minimum atomic E-state index is 0.409. The summed E-state index contributed by atoms with van der Waals surface area (Å²) in [5.41, 5.74) is 3.59. The maximum Gasteiger partial charge on any atom is 0.216 e. The van der Waals surface area contributed by atoms with Crippen molar-refractivity contribution >= 4 is 29.8 Å². The topological polar surface area (TPSA) is 76.7 Å². The van der Waals surface area contributed by atoms with Gasteiger partial charge in [-0.15, -0.1) is 11.3 Å². The fraction of sp³-hybridized carbons (Fsp3) is 0. The normalized spacial score (nSPS) is 11.3. The van der Waals surface area contributed by atoms with E-state index >= 15 is 0 Å². The molecule has 0 spiro atoms. The number of nitrogens with zero attached hydrogens (tertiary/aromatic N) is 6. The first-order valence-electron chi connectivity index (χ1n) is 9.11. The van der Waals surface area contributed by atoms with Crippen molar-refractivity contribution in [1.82, 2.24) is 29.6 Å². The molecule has 0 radical (unpaired) electrons. The minimum absolute atomic E-state index is 0.409. The number of H-pyrrole nitrogens is 1.